The number of pyridine rings is 1. The highest BCUT2D eigenvalue weighted by molar-refractivity contribution is 7.80. The lowest BCUT2D eigenvalue weighted by molar-refractivity contribution is -0.127. The van der Waals surface area contributed by atoms with E-state index in [9.17, 15) is 4.79 Å². The molecule has 6 heteroatoms. The van der Waals surface area contributed by atoms with Gasteiger partial charge in [-0.25, -0.2) is 4.98 Å². The summed E-state index contributed by atoms with van der Waals surface area (Å²) < 4.78 is 0. The summed E-state index contributed by atoms with van der Waals surface area (Å²) in [5.74, 6) is 0.860. The summed E-state index contributed by atoms with van der Waals surface area (Å²) in [4.78, 5) is 20.2. The molecule has 0 bridgehead atoms. The van der Waals surface area contributed by atoms with Crippen LogP contribution < -0.4 is 10.6 Å². The number of rotatable bonds is 2. The number of nitrogens with zero attached hydrogens (tertiary/aromatic N) is 3. The molecule has 0 aromatic carbocycles. The highest BCUT2D eigenvalue weighted by Crippen LogP contribution is 2.14. The third-order valence-corrected chi connectivity index (χ3v) is 3.19. The zero-order valence-corrected chi connectivity index (χ0v) is 11.1. The predicted molar refractivity (Wildman–Crippen MR) is 74.6 cm³/mol. The molecule has 2 heterocycles. The van der Waals surface area contributed by atoms with E-state index in [2.05, 4.69) is 4.98 Å². The molecule has 1 fully saturated rings. The van der Waals surface area contributed by atoms with Crippen LogP contribution in [0, 0.1) is 0 Å². The molecule has 96 valence electrons. The molecule has 1 aliphatic heterocycles. The first-order valence-electron chi connectivity index (χ1n) is 5.83. The Morgan fingerprint density at radius 2 is 2.22 bits per heavy atom. The molecule has 1 aromatic heterocycles. The predicted octanol–water partition coefficient (Wildman–Crippen LogP) is 0.384. The van der Waals surface area contributed by atoms with Crippen LogP contribution in [0.2, 0.25) is 0 Å². The summed E-state index contributed by atoms with van der Waals surface area (Å²) in [6.07, 6.45) is 0.932. The molecule has 0 saturated carbocycles. The van der Waals surface area contributed by atoms with Crippen LogP contribution in [0.4, 0.5) is 5.82 Å². The number of aromatic nitrogens is 1. The molecule has 0 atom stereocenters. The Kier molecular flexibility index (Phi) is 3.76. The molecule has 0 radical (unpaired) electrons. The fourth-order valence-electron chi connectivity index (χ4n) is 1.92. The number of hydrogen-bond acceptors (Lipinski definition) is 4. The Bertz CT molecular complexity index is 477. The second kappa shape index (κ2) is 5.30. The van der Waals surface area contributed by atoms with Gasteiger partial charge in [-0.1, -0.05) is 18.3 Å². The van der Waals surface area contributed by atoms with E-state index in [1.54, 1.807) is 11.0 Å². The van der Waals surface area contributed by atoms with Crippen molar-refractivity contribution in [2.75, 3.05) is 31.6 Å². The maximum absolute atomic E-state index is 11.8. The average molecular weight is 264 g/mol. The molecule has 1 saturated heterocycles. The summed E-state index contributed by atoms with van der Waals surface area (Å²) in [6.45, 7) is 1.94. The maximum atomic E-state index is 11.8. The number of carbonyl (C=O) groups is 1. The van der Waals surface area contributed by atoms with Crippen molar-refractivity contribution in [3.63, 3.8) is 0 Å². The van der Waals surface area contributed by atoms with Crippen molar-refractivity contribution >= 4 is 28.9 Å². The number of amides is 1. The Labute approximate surface area is 112 Å². The molecule has 1 aromatic rings. The largest absolute Gasteiger partial charge is 0.388 e. The van der Waals surface area contributed by atoms with Gasteiger partial charge in [0.25, 0.3) is 0 Å². The van der Waals surface area contributed by atoms with Gasteiger partial charge in [0.1, 0.15) is 10.8 Å². The lowest BCUT2D eigenvalue weighted by Gasteiger charge is -2.21. The van der Waals surface area contributed by atoms with Gasteiger partial charge in [0.2, 0.25) is 5.91 Å². The number of hydrogen-bond donors (Lipinski definition) is 1. The monoisotopic (exact) mass is 264 g/mol. The molecular formula is C12H16N4OS. The molecule has 2 rings (SSSR count). The van der Waals surface area contributed by atoms with Crippen LogP contribution >= 0.6 is 12.2 Å². The van der Waals surface area contributed by atoms with Crippen LogP contribution in [-0.2, 0) is 4.79 Å². The van der Waals surface area contributed by atoms with Crippen molar-refractivity contribution in [3.05, 3.63) is 23.9 Å². The van der Waals surface area contributed by atoms with Crippen LogP contribution in [0.3, 0.4) is 0 Å². The van der Waals surface area contributed by atoms with Crippen molar-refractivity contribution in [1.82, 2.24) is 9.88 Å². The summed E-state index contributed by atoms with van der Waals surface area (Å²) in [6, 6.07) is 5.51. The SMILES string of the molecule is CN1CCCN(c2cccc(C(N)=S)n2)CC1=O. The Morgan fingerprint density at radius 3 is 2.94 bits per heavy atom. The van der Waals surface area contributed by atoms with E-state index in [1.165, 1.54) is 0 Å². The van der Waals surface area contributed by atoms with Crippen LogP contribution in [-0.4, -0.2) is 47.5 Å². The number of nitrogens with two attached hydrogens (primary N) is 1. The third-order valence-electron chi connectivity index (χ3n) is 2.98. The first-order valence-corrected chi connectivity index (χ1v) is 6.24. The van der Waals surface area contributed by atoms with E-state index in [1.807, 2.05) is 24.1 Å². The average Bonchev–Trinajstić information content (AvgIpc) is 2.52. The van der Waals surface area contributed by atoms with Crippen LogP contribution in [0.1, 0.15) is 12.1 Å². The van der Waals surface area contributed by atoms with E-state index < -0.39 is 0 Å². The van der Waals surface area contributed by atoms with Crippen molar-refractivity contribution < 1.29 is 4.79 Å². The second-order valence-electron chi connectivity index (χ2n) is 4.34. The zero-order valence-electron chi connectivity index (χ0n) is 10.3. The summed E-state index contributed by atoms with van der Waals surface area (Å²) >= 11 is 4.91. The minimum atomic E-state index is 0.107. The summed E-state index contributed by atoms with van der Waals surface area (Å²) in [7, 11) is 1.82. The Balaban J connectivity index is 2.22. The molecule has 0 spiro atoms. The highest BCUT2D eigenvalue weighted by Gasteiger charge is 2.20. The lowest BCUT2D eigenvalue weighted by atomic mass is 10.3. The van der Waals surface area contributed by atoms with Gasteiger partial charge in [-0.05, 0) is 18.6 Å². The lowest BCUT2D eigenvalue weighted by Crippen LogP contribution is -2.34. The number of anilines is 1. The van der Waals surface area contributed by atoms with Gasteiger partial charge in [0, 0.05) is 20.1 Å². The minimum Gasteiger partial charge on any atom is -0.388 e. The summed E-state index contributed by atoms with van der Waals surface area (Å²) in [5, 5.41) is 0. The van der Waals surface area contributed by atoms with Gasteiger partial charge in [-0.15, -0.1) is 0 Å². The molecule has 18 heavy (non-hydrogen) atoms. The molecule has 5 nitrogen and oxygen atoms in total. The molecule has 1 amide bonds. The molecule has 1 aliphatic rings. The first kappa shape index (κ1) is 12.8. The first-order chi connectivity index (χ1) is 8.58. The van der Waals surface area contributed by atoms with Gasteiger partial charge < -0.3 is 15.5 Å². The Hall–Kier alpha value is -1.69. The van der Waals surface area contributed by atoms with Crippen LogP contribution in [0.15, 0.2) is 18.2 Å². The van der Waals surface area contributed by atoms with Crippen LogP contribution in [0.5, 0.6) is 0 Å². The van der Waals surface area contributed by atoms with Gasteiger partial charge in [-0.3, -0.25) is 4.79 Å². The second-order valence-corrected chi connectivity index (χ2v) is 4.78. The smallest absolute Gasteiger partial charge is 0.241 e. The normalized spacial score (nSPS) is 16.6. The standard InChI is InChI=1S/C12H16N4OS/c1-15-6-3-7-16(8-11(15)17)10-5-2-4-9(14-10)12(13)18/h2,4-5H,3,6-8H2,1H3,(H2,13,18). The third kappa shape index (κ3) is 2.76. The van der Waals surface area contributed by atoms with Gasteiger partial charge in [-0.2, -0.15) is 0 Å². The van der Waals surface area contributed by atoms with Crippen molar-refractivity contribution in [2.24, 2.45) is 5.73 Å². The minimum absolute atomic E-state index is 0.107. The zero-order chi connectivity index (χ0) is 13.1. The number of likely N-dealkylation sites (N-methyl/N-ethyl adjacent to an activating group) is 1. The topological polar surface area (TPSA) is 62.5 Å². The van der Waals surface area contributed by atoms with E-state index in [0.29, 0.717) is 12.2 Å². The molecule has 0 aliphatic carbocycles. The fraction of sp³-hybridized carbons (Fsp3) is 0.417. The number of carbonyl (C=O) groups excluding carboxylic acids is 1. The van der Waals surface area contributed by atoms with Crippen molar-refractivity contribution in [3.8, 4) is 0 Å². The molecule has 2 N–H and O–H groups in total. The van der Waals surface area contributed by atoms with Gasteiger partial charge in [0.05, 0.1) is 12.2 Å². The van der Waals surface area contributed by atoms with Crippen LogP contribution in [0.25, 0.3) is 0 Å². The van der Waals surface area contributed by atoms with Gasteiger partial charge >= 0.3 is 0 Å². The van der Waals surface area contributed by atoms with Crippen molar-refractivity contribution in [2.45, 2.75) is 6.42 Å². The Morgan fingerprint density at radius 1 is 1.44 bits per heavy atom. The molecule has 0 unspecified atom stereocenters. The fourth-order valence-corrected chi connectivity index (χ4v) is 2.03. The summed E-state index contributed by atoms with van der Waals surface area (Å²) in [5.41, 5.74) is 6.16. The number of thiocarbonyl (C=S) groups is 1. The van der Waals surface area contributed by atoms with E-state index >= 15 is 0 Å². The highest BCUT2D eigenvalue weighted by atomic mass is 32.1. The maximum Gasteiger partial charge on any atom is 0.241 e. The quantitative estimate of drug-likeness (QED) is 0.783. The van der Waals surface area contributed by atoms with E-state index in [-0.39, 0.29) is 10.9 Å². The van der Waals surface area contributed by atoms with E-state index in [4.69, 9.17) is 18.0 Å². The van der Waals surface area contributed by atoms with Crippen molar-refractivity contribution in [1.29, 1.82) is 0 Å². The van der Waals surface area contributed by atoms with Gasteiger partial charge in [0.15, 0.2) is 0 Å². The van der Waals surface area contributed by atoms with E-state index in [0.717, 1.165) is 25.3 Å². The molecular weight excluding hydrogens is 248 g/mol.